The molecule has 4 rings (SSSR count). The second-order valence-electron chi connectivity index (χ2n) is 8.43. The summed E-state index contributed by atoms with van der Waals surface area (Å²) in [5, 5.41) is 11.9. The lowest BCUT2D eigenvalue weighted by Gasteiger charge is -2.27. The average Bonchev–Trinajstić information content (AvgIpc) is 2.86. The first kappa shape index (κ1) is 25.1. The zero-order valence-corrected chi connectivity index (χ0v) is 21.5. The molecular weight excluding hydrogens is 487 g/mol. The van der Waals surface area contributed by atoms with Crippen LogP contribution in [0.1, 0.15) is 31.2 Å². The Bertz CT molecular complexity index is 1060. The predicted molar refractivity (Wildman–Crippen MR) is 143 cm³/mol. The van der Waals surface area contributed by atoms with Crippen LogP contribution in [0, 0.1) is 0 Å². The molecule has 1 N–H and O–H groups in total. The van der Waals surface area contributed by atoms with E-state index in [0.29, 0.717) is 28.9 Å². The summed E-state index contributed by atoms with van der Waals surface area (Å²) in [6, 6.07) is 20.8. The maximum Gasteiger partial charge on any atom is 0.139 e. The van der Waals surface area contributed by atoms with Crippen molar-refractivity contribution in [2.45, 2.75) is 37.1 Å². The number of piperidine rings is 1. The maximum absolute atomic E-state index is 10.6. The van der Waals surface area contributed by atoms with Gasteiger partial charge in [-0.15, -0.1) is 0 Å². The first-order valence-corrected chi connectivity index (χ1v) is 13.2. The Balaban J connectivity index is 1.48. The second-order valence-corrected chi connectivity index (χ2v) is 10.4. The van der Waals surface area contributed by atoms with E-state index >= 15 is 0 Å². The monoisotopic (exact) mass is 516 g/mol. The highest BCUT2D eigenvalue weighted by molar-refractivity contribution is 8.00. The Morgan fingerprint density at radius 1 is 0.912 bits per heavy atom. The van der Waals surface area contributed by atoms with Crippen molar-refractivity contribution in [2.24, 2.45) is 0 Å². The molecule has 3 aromatic carbocycles. The SMILES string of the molecule is Oc1ccc(Cl)cc1N(Cc1ccccc1OCCCN1CCCCC1)Sc1ccc(Cl)cc1. The fourth-order valence-corrected chi connectivity index (χ4v) is 5.32. The van der Waals surface area contributed by atoms with Crippen LogP contribution in [0.5, 0.6) is 11.5 Å². The minimum absolute atomic E-state index is 0.172. The van der Waals surface area contributed by atoms with E-state index in [1.165, 1.54) is 44.3 Å². The molecular formula is C27H30Cl2N2O2S. The zero-order valence-electron chi connectivity index (χ0n) is 19.1. The van der Waals surface area contributed by atoms with Crippen molar-refractivity contribution >= 4 is 40.8 Å². The molecule has 0 bridgehead atoms. The minimum atomic E-state index is 0.172. The third kappa shape index (κ3) is 7.22. The third-order valence-electron chi connectivity index (χ3n) is 5.85. The van der Waals surface area contributed by atoms with Gasteiger partial charge in [0.2, 0.25) is 0 Å². The van der Waals surface area contributed by atoms with Crippen LogP contribution >= 0.6 is 35.1 Å². The number of phenols is 1. The second kappa shape index (κ2) is 12.6. The number of halogens is 2. The number of para-hydroxylation sites is 1. The number of ether oxygens (including phenoxy) is 1. The number of phenolic OH excluding ortho intramolecular Hbond substituents is 1. The third-order valence-corrected chi connectivity index (χ3v) is 7.36. The van der Waals surface area contributed by atoms with Gasteiger partial charge in [0.25, 0.3) is 0 Å². The molecule has 3 aromatic rings. The smallest absolute Gasteiger partial charge is 0.139 e. The van der Waals surface area contributed by atoms with Gasteiger partial charge in [-0.05, 0) is 92.8 Å². The molecule has 1 fully saturated rings. The van der Waals surface area contributed by atoms with Gasteiger partial charge in [-0.1, -0.05) is 47.8 Å². The van der Waals surface area contributed by atoms with Crippen LogP contribution in [0.15, 0.2) is 71.6 Å². The molecule has 180 valence electrons. The van der Waals surface area contributed by atoms with Crippen LogP contribution in [-0.4, -0.2) is 36.2 Å². The minimum Gasteiger partial charge on any atom is -0.506 e. The molecule has 0 unspecified atom stereocenters. The first-order chi connectivity index (χ1) is 16.6. The van der Waals surface area contributed by atoms with Gasteiger partial charge in [0, 0.05) is 27.0 Å². The predicted octanol–water partition coefficient (Wildman–Crippen LogP) is 7.67. The quantitative estimate of drug-likeness (QED) is 0.221. The lowest BCUT2D eigenvalue weighted by molar-refractivity contribution is 0.204. The number of benzene rings is 3. The largest absolute Gasteiger partial charge is 0.506 e. The standard InChI is InChI=1S/C27H30Cl2N2O2S/c28-22-9-12-24(13-10-22)34-31(25-19-23(29)11-14-26(25)32)20-21-7-2-3-8-27(21)33-18-6-17-30-15-4-1-5-16-30/h2-3,7-14,19,32H,1,4-6,15-18,20H2. The number of rotatable bonds is 10. The summed E-state index contributed by atoms with van der Waals surface area (Å²) in [4.78, 5) is 3.54. The number of hydrogen-bond donors (Lipinski definition) is 1. The number of hydrogen-bond acceptors (Lipinski definition) is 5. The van der Waals surface area contributed by atoms with Crippen molar-refractivity contribution in [1.82, 2.24) is 4.90 Å². The molecule has 0 aromatic heterocycles. The summed E-state index contributed by atoms with van der Waals surface area (Å²) in [6.45, 7) is 4.70. The lowest BCUT2D eigenvalue weighted by atomic mass is 10.1. The van der Waals surface area contributed by atoms with Crippen molar-refractivity contribution in [3.05, 3.63) is 82.3 Å². The Labute approximate surface area is 216 Å². The number of nitrogens with zero attached hydrogens (tertiary/aromatic N) is 2. The Hall–Kier alpha value is -2.05. The van der Waals surface area contributed by atoms with E-state index in [1.54, 1.807) is 18.2 Å². The molecule has 7 heteroatoms. The van der Waals surface area contributed by atoms with E-state index in [1.807, 2.05) is 46.8 Å². The molecule has 0 aliphatic carbocycles. The normalized spacial score (nSPS) is 14.2. The van der Waals surface area contributed by atoms with E-state index in [9.17, 15) is 5.11 Å². The highest BCUT2D eigenvalue weighted by Gasteiger charge is 2.17. The van der Waals surface area contributed by atoms with Crippen LogP contribution in [0.25, 0.3) is 0 Å². The van der Waals surface area contributed by atoms with Crippen molar-refractivity contribution < 1.29 is 9.84 Å². The highest BCUT2D eigenvalue weighted by Crippen LogP contribution is 2.39. The van der Waals surface area contributed by atoms with Crippen LogP contribution in [0.3, 0.4) is 0 Å². The van der Waals surface area contributed by atoms with Crippen molar-refractivity contribution in [1.29, 1.82) is 0 Å². The lowest BCUT2D eigenvalue weighted by Crippen LogP contribution is -2.31. The molecule has 1 aliphatic heterocycles. The molecule has 34 heavy (non-hydrogen) atoms. The number of aromatic hydroxyl groups is 1. The van der Waals surface area contributed by atoms with Gasteiger partial charge in [0.1, 0.15) is 11.5 Å². The van der Waals surface area contributed by atoms with E-state index in [0.717, 1.165) is 29.2 Å². The molecule has 0 atom stereocenters. The van der Waals surface area contributed by atoms with Gasteiger partial charge in [-0.2, -0.15) is 0 Å². The number of anilines is 1. The summed E-state index contributed by atoms with van der Waals surface area (Å²) in [7, 11) is 0. The van der Waals surface area contributed by atoms with Gasteiger partial charge in [0.05, 0.1) is 18.8 Å². The summed E-state index contributed by atoms with van der Waals surface area (Å²) in [5.74, 6) is 1.04. The summed E-state index contributed by atoms with van der Waals surface area (Å²) in [5.41, 5.74) is 1.69. The van der Waals surface area contributed by atoms with Crippen molar-refractivity contribution in [2.75, 3.05) is 30.5 Å². The van der Waals surface area contributed by atoms with Gasteiger partial charge in [-0.3, -0.25) is 0 Å². The van der Waals surface area contributed by atoms with E-state index in [-0.39, 0.29) is 5.75 Å². The van der Waals surface area contributed by atoms with Gasteiger partial charge in [-0.25, -0.2) is 0 Å². The Kier molecular flexibility index (Phi) is 9.28. The summed E-state index contributed by atoms with van der Waals surface area (Å²) < 4.78 is 8.24. The Morgan fingerprint density at radius 3 is 2.44 bits per heavy atom. The first-order valence-electron chi connectivity index (χ1n) is 11.7. The molecule has 4 nitrogen and oxygen atoms in total. The highest BCUT2D eigenvalue weighted by atomic mass is 35.5. The zero-order chi connectivity index (χ0) is 23.8. The van der Waals surface area contributed by atoms with Gasteiger partial charge < -0.3 is 19.0 Å². The van der Waals surface area contributed by atoms with Gasteiger partial charge in [0.15, 0.2) is 0 Å². The Morgan fingerprint density at radius 2 is 1.65 bits per heavy atom. The summed E-state index contributed by atoms with van der Waals surface area (Å²) >= 11 is 13.9. The van der Waals surface area contributed by atoms with E-state index < -0.39 is 0 Å². The van der Waals surface area contributed by atoms with Crippen LogP contribution in [0.4, 0.5) is 5.69 Å². The fourth-order valence-electron chi connectivity index (χ4n) is 4.07. The average molecular weight is 518 g/mol. The molecule has 0 radical (unpaired) electrons. The molecule has 0 spiro atoms. The molecule has 0 amide bonds. The topological polar surface area (TPSA) is 35.9 Å². The van der Waals surface area contributed by atoms with E-state index in [2.05, 4.69) is 11.0 Å². The van der Waals surface area contributed by atoms with Crippen molar-refractivity contribution in [3.8, 4) is 11.5 Å². The van der Waals surface area contributed by atoms with E-state index in [4.69, 9.17) is 27.9 Å². The van der Waals surface area contributed by atoms with Crippen LogP contribution in [0.2, 0.25) is 10.0 Å². The molecule has 0 saturated carbocycles. The van der Waals surface area contributed by atoms with Crippen LogP contribution < -0.4 is 9.04 Å². The molecule has 1 aliphatic rings. The summed E-state index contributed by atoms with van der Waals surface area (Å²) in [6.07, 6.45) is 4.97. The van der Waals surface area contributed by atoms with Crippen molar-refractivity contribution in [3.63, 3.8) is 0 Å². The molecule has 1 saturated heterocycles. The van der Waals surface area contributed by atoms with Gasteiger partial charge >= 0.3 is 0 Å². The number of likely N-dealkylation sites (tertiary alicyclic amines) is 1. The van der Waals surface area contributed by atoms with Crippen LogP contribution in [-0.2, 0) is 6.54 Å². The molecule has 1 heterocycles. The maximum atomic E-state index is 10.6. The fraction of sp³-hybridized carbons (Fsp3) is 0.333.